The molecule has 0 aromatic heterocycles. The topological polar surface area (TPSA) is 0 Å². The van der Waals surface area contributed by atoms with E-state index in [1.807, 2.05) is 0 Å². The predicted molar refractivity (Wildman–Crippen MR) is 101 cm³/mol. The lowest BCUT2D eigenvalue weighted by Gasteiger charge is -1.98. The molecule has 0 bridgehead atoms. The Morgan fingerprint density at radius 2 is 0.600 bits per heavy atom. The Morgan fingerprint density at radius 1 is 0.450 bits per heavy atom. The third-order valence-corrected chi connectivity index (χ3v) is 3.29. The van der Waals surface area contributed by atoms with Crippen LogP contribution in [0.2, 0.25) is 0 Å². The van der Waals surface area contributed by atoms with Crippen LogP contribution in [0.25, 0.3) is 0 Å². The summed E-state index contributed by atoms with van der Waals surface area (Å²) in [5.74, 6) is 2.70. The van der Waals surface area contributed by atoms with Gasteiger partial charge in [-0.2, -0.15) is 0 Å². The summed E-state index contributed by atoms with van der Waals surface area (Å²) in [4.78, 5) is 0. The molecule has 0 aliphatic carbocycles. The maximum Gasteiger partial charge on any atom is -0.0448 e. The van der Waals surface area contributed by atoms with E-state index in [0.717, 1.165) is 17.8 Å². The van der Waals surface area contributed by atoms with Crippen molar-refractivity contribution in [2.24, 2.45) is 17.8 Å². The summed E-state index contributed by atoms with van der Waals surface area (Å²) in [7, 11) is 0. The van der Waals surface area contributed by atoms with Crippen LogP contribution in [0.15, 0.2) is 0 Å². The van der Waals surface area contributed by atoms with E-state index in [2.05, 4.69) is 76.2 Å². The van der Waals surface area contributed by atoms with Crippen molar-refractivity contribution < 1.29 is 0 Å². The van der Waals surface area contributed by atoms with Crippen molar-refractivity contribution in [2.45, 2.75) is 115 Å². The van der Waals surface area contributed by atoms with Gasteiger partial charge in [-0.3, -0.25) is 0 Å². The first-order valence-electron chi connectivity index (χ1n) is 9.26. The van der Waals surface area contributed by atoms with Crippen LogP contribution in [0.4, 0.5) is 0 Å². The van der Waals surface area contributed by atoms with Crippen LogP contribution in [0, 0.1) is 17.8 Å². The third kappa shape index (κ3) is 64.2. The van der Waals surface area contributed by atoms with E-state index in [-0.39, 0.29) is 0 Å². The lowest BCUT2D eigenvalue weighted by molar-refractivity contribution is 0.544. The molecule has 0 aliphatic rings. The van der Waals surface area contributed by atoms with Crippen molar-refractivity contribution in [3.05, 3.63) is 0 Å². The number of rotatable bonds is 5. The minimum atomic E-state index is 0.833. The molecule has 0 radical (unpaired) electrons. The van der Waals surface area contributed by atoms with E-state index < -0.39 is 0 Å². The van der Waals surface area contributed by atoms with E-state index >= 15 is 0 Å². The van der Waals surface area contributed by atoms with Crippen LogP contribution in [0.5, 0.6) is 0 Å². The highest BCUT2D eigenvalue weighted by Gasteiger charge is 1.89. The summed E-state index contributed by atoms with van der Waals surface area (Å²) in [6.07, 6.45) is 7.96. The molecule has 0 heterocycles. The number of unbranched alkanes of at least 4 members (excludes halogenated alkanes) is 1. The molecular formula is C20H48. The molecule has 0 amide bonds. The van der Waals surface area contributed by atoms with E-state index in [1.54, 1.807) is 0 Å². The average Bonchev–Trinajstić information content (AvgIpc) is 2.45. The standard InChI is InChI=1S/2C6H14.2C4H10/c2*1-4-6(3)5-2;1-4(2)3;1-3-4-2/h2*6H,4-5H2,1-3H3;4H,1-3H3;3-4H2,1-2H3. The molecule has 0 atom stereocenters. The van der Waals surface area contributed by atoms with Gasteiger partial charge in [-0.15, -0.1) is 0 Å². The fraction of sp³-hybridized carbons (Fsp3) is 1.00. The van der Waals surface area contributed by atoms with E-state index in [0.29, 0.717) is 0 Å². The molecule has 0 heteroatoms. The number of hydrogen-bond acceptors (Lipinski definition) is 0. The molecule has 0 aromatic carbocycles. The Bertz CT molecular complexity index is 92.5. The molecule has 0 saturated heterocycles. The first-order chi connectivity index (χ1) is 9.26. The Balaban J connectivity index is -0.0000000871. The van der Waals surface area contributed by atoms with E-state index in [1.165, 1.54) is 38.5 Å². The molecule has 0 nitrogen and oxygen atoms in total. The highest BCUT2D eigenvalue weighted by molar-refractivity contribution is 4.42. The van der Waals surface area contributed by atoms with E-state index in [4.69, 9.17) is 0 Å². The van der Waals surface area contributed by atoms with Crippen molar-refractivity contribution >= 4 is 0 Å². The molecule has 0 aliphatic heterocycles. The normalized spacial score (nSPS) is 9.30. The van der Waals surface area contributed by atoms with Crippen molar-refractivity contribution in [3.63, 3.8) is 0 Å². The van der Waals surface area contributed by atoms with Gasteiger partial charge >= 0.3 is 0 Å². The van der Waals surface area contributed by atoms with Gasteiger partial charge in [0.1, 0.15) is 0 Å². The molecule has 0 N–H and O–H groups in total. The highest BCUT2D eigenvalue weighted by Crippen LogP contribution is 2.03. The van der Waals surface area contributed by atoms with Crippen molar-refractivity contribution in [1.29, 1.82) is 0 Å². The number of hydrogen-bond donors (Lipinski definition) is 0. The minimum absolute atomic E-state index is 0.833. The van der Waals surface area contributed by atoms with Crippen LogP contribution in [0.1, 0.15) is 115 Å². The first-order valence-corrected chi connectivity index (χ1v) is 9.26. The van der Waals surface area contributed by atoms with Crippen LogP contribution >= 0.6 is 0 Å². The molecule has 0 rings (SSSR count). The lowest BCUT2D eigenvalue weighted by Crippen LogP contribution is -1.85. The second kappa shape index (κ2) is 27.4. The lowest BCUT2D eigenvalue weighted by atomic mass is 10.1. The summed E-state index contributed by atoms with van der Waals surface area (Å²) >= 11 is 0. The summed E-state index contributed by atoms with van der Waals surface area (Å²) in [6, 6.07) is 0. The van der Waals surface area contributed by atoms with Crippen LogP contribution in [-0.4, -0.2) is 0 Å². The average molecular weight is 289 g/mol. The minimum Gasteiger partial charge on any atom is -0.0654 e. The maximum absolute atomic E-state index is 2.28. The smallest absolute Gasteiger partial charge is 0.0448 e. The van der Waals surface area contributed by atoms with E-state index in [9.17, 15) is 0 Å². The Hall–Kier alpha value is 0. The van der Waals surface area contributed by atoms with Gasteiger partial charge in [-0.25, -0.2) is 0 Å². The van der Waals surface area contributed by atoms with Crippen LogP contribution in [0.3, 0.4) is 0 Å². The first kappa shape index (κ1) is 28.2. The Kier molecular flexibility index (Phi) is 38.6. The quantitative estimate of drug-likeness (QED) is 0.476. The second-order valence-electron chi connectivity index (χ2n) is 6.58. The van der Waals surface area contributed by atoms with Crippen molar-refractivity contribution in [2.75, 3.05) is 0 Å². The van der Waals surface area contributed by atoms with Gasteiger partial charge < -0.3 is 0 Å². The summed E-state index contributed by atoms with van der Waals surface area (Å²) in [6.45, 7) is 24.3. The van der Waals surface area contributed by atoms with Gasteiger partial charge in [0.2, 0.25) is 0 Å². The molecule has 0 unspecified atom stereocenters. The summed E-state index contributed by atoms with van der Waals surface area (Å²) in [5, 5.41) is 0. The van der Waals surface area contributed by atoms with Gasteiger partial charge in [0, 0.05) is 0 Å². The second-order valence-corrected chi connectivity index (χ2v) is 6.58. The largest absolute Gasteiger partial charge is 0.0654 e. The molecule has 0 aromatic rings. The van der Waals surface area contributed by atoms with Gasteiger partial charge in [0.05, 0.1) is 0 Å². The molecule has 128 valence electrons. The van der Waals surface area contributed by atoms with Crippen LogP contribution in [-0.2, 0) is 0 Å². The fourth-order valence-electron chi connectivity index (χ4n) is 0.577. The van der Waals surface area contributed by atoms with Crippen molar-refractivity contribution in [3.8, 4) is 0 Å². The van der Waals surface area contributed by atoms with Gasteiger partial charge in [-0.1, -0.05) is 115 Å². The highest BCUT2D eigenvalue weighted by atomic mass is 14.0. The summed E-state index contributed by atoms with van der Waals surface area (Å²) < 4.78 is 0. The van der Waals surface area contributed by atoms with Gasteiger partial charge in [0.15, 0.2) is 0 Å². The van der Waals surface area contributed by atoms with Crippen LogP contribution < -0.4 is 0 Å². The summed E-state index contributed by atoms with van der Waals surface area (Å²) in [5.41, 5.74) is 0. The molecule has 0 fully saturated rings. The van der Waals surface area contributed by atoms with Crippen molar-refractivity contribution in [1.82, 2.24) is 0 Å². The fourth-order valence-corrected chi connectivity index (χ4v) is 0.577. The van der Waals surface area contributed by atoms with Gasteiger partial charge in [-0.05, 0) is 17.8 Å². The Labute approximate surface area is 133 Å². The SMILES string of the molecule is CC(C)C.CCC(C)CC.CCC(C)CC.CCCC. The molecule has 0 saturated carbocycles. The third-order valence-electron chi connectivity index (χ3n) is 3.29. The Morgan fingerprint density at radius 3 is 0.600 bits per heavy atom. The van der Waals surface area contributed by atoms with Gasteiger partial charge in [0.25, 0.3) is 0 Å². The maximum atomic E-state index is 2.28. The molecule has 0 spiro atoms. The zero-order valence-electron chi connectivity index (χ0n) is 17.0. The zero-order chi connectivity index (χ0) is 17.0. The molecule has 20 heavy (non-hydrogen) atoms. The monoisotopic (exact) mass is 288 g/mol. The molecular weight excluding hydrogens is 240 g/mol. The zero-order valence-corrected chi connectivity index (χ0v) is 17.0. The predicted octanol–water partition coefficient (Wildman–Crippen LogP) is 8.35.